The Labute approximate surface area is 169 Å². The van der Waals surface area contributed by atoms with Crippen LogP contribution in [0.2, 0.25) is 0 Å². The molecule has 0 saturated carbocycles. The van der Waals surface area contributed by atoms with Crippen molar-refractivity contribution < 1.29 is 9.53 Å². The van der Waals surface area contributed by atoms with Crippen LogP contribution in [-0.4, -0.2) is 60.1 Å². The molecule has 0 radical (unpaired) electrons. The molecule has 1 unspecified atom stereocenters. The zero-order valence-electron chi connectivity index (χ0n) is 15.4. The van der Waals surface area contributed by atoms with Crippen LogP contribution in [0, 0.1) is 0 Å². The number of carbonyl (C=O) groups is 1. The Kier molecular flexibility index (Phi) is 9.34. The highest BCUT2D eigenvalue weighted by atomic mass is 35.5. The van der Waals surface area contributed by atoms with Gasteiger partial charge in [-0.3, -0.25) is 9.69 Å². The average Bonchev–Trinajstić information content (AvgIpc) is 2.78. The highest BCUT2D eigenvalue weighted by Gasteiger charge is 2.39. The molecule has 2 fully saturated rings. The van der Waals surface area contributed by atoms with Crippen LogP contribution in [0.25, 0.3) is 0 Å². The predicted octanol–water partition coefficient (Wildman–Crippen LogP) is 2.46. The number of hydrogen-bond donors (Lipinski definition) is 1. The van der Waals surface area contributed by atoms with E-state index in [4.69, 9.17) is 10.5 Å². The number of hydrogen-bond acceptors (Lipinski definition) is 4. The van der Waals surface area contributed by atoms with E-state index >= 15 is 0 Å². The van der Waals surface area contributed by atoms with Crippen molar-refractivity contribution in [3.8, 4) is 0 Å². The number of benzene rings is 1. The van der Waals surface area contributed by atoms with Gasteiger partial charge in [-0.25, -0.2) is 0 Å². The summed E-state index contributed by atoms with van der Waals surface area (Å²) in [6.45, 7) is 6.82. The van der Waals surface area contributed by atoms with Crippen molar-refractivity contribution in [3.63, 3.8) is 0 Å². The molecule has 1 aromatic carbocycles. The molecule has 26 heavy (non-hydrogen) atoms. The summed E-state index contributed by atoms with van der Waals surface area (Å²) in [7, 11) is 0. The van der Waals surface area contributed by atoms with Gasteiger partial charge in [0, 0.05) is 45.4 Å². The molecule has 1 amide bonds. The lowest BCUT2D eigenvalue weighted by Crippen LogP contribution is -2.58. The summed E-state index contributed by atoms with van der Waals surface area (Å²) in [6, 6.07) is 11.0. The normalized spacial score (nSPS) is 23.3. The lowest BCUT2D eigenvalue weighted by molar-refractivity contribution is -0.140. The van der Waals surface area contributed by atoms with Crippen molar-refractivity contribution >= 4 is 30.7 Å². The molecule has 148 valence electrons. The standard InChI is InChI=1S/C19H29N3O2.2ClH/c1-16-7-10-21(18(23)19(20)8-13-24-14-9-19)11-12-22(16)15-17-5-3-2-4-6-17;;/h2-6,16H,7-15,20H2,1H3;2*1H. The summed E-state index contributed by atoms with van der Waals surface area (Å²) in [6.07, 6.45) is 2.25. The van der Waals surface area contributed by atoms with Crippen LogP contribution in [0.3, 0.4) is 0 Å². The minimum absolute atomic E-state index is 0. The Morgan fingerprint density at radius 3 is 2.46 bits per heavy atom. The molecule has 2 saturated heterocycles. The van der Waals surface area contributed by atoms with E-state index in [2.05, 4.69) is 36.1 Å². The van der Waals surface area contributed by atoms with Crippen molar-refractivity contribution in [1.82, 2.24) is 9.80 Å². The molecule has 0 aliphatic carbocycles. The molecule has 2 N–H and O–H groups in total. The Morgan fingerprint density at radius 2 is 1.81 bits per heavy atom. The number of ether oxygens (including phenoxy) is 1. The Bertz CT molecular complexity index is 553. The number of halogens is 2. The van der Waals surface area contributed by atoms with Crippen molar-refractivity contribution in [2.24, 2.45) is 5.73 Å². The van der Waals surface area contributed by atoms with Gasteiger partial charge in [0.2, 0.25) is 5.91 Å². The van der Waals surface area contributed by atoms with E-state index in [1.165, 1.54) is 5.56 Å². The second-order valence-corrected chi connectivity index (χ2v) is 7.15. The van der Waals surface area contributed by atoms with E-state index in [0.717, 1.165) is 32.6 Å². The Balaban J connectivity index is 0.00000169. The molecular weight excluding hydrogens is 373 g/mol. The van der Waals surface area contributed by atoms with Gasteiger partial charge < -0.3 is 15.4 Å². The van der Waals surface area contributed by atoms with E-state index < -0.39 is 5.54 Å². The van der Waals surface area contributed by atoms with E-state index in [1.54, 1.807) is 0 Å². The minimum Gasteiger partial charge on any atom is -0.381 e. The lowest BCUT2D eigenvalue weighted by Gasteiger charge is -2.36. The minimum atomic E-state index is -0.726. The molecule has 3 rings (SSSR count). The second-order valence-electron chi connectivity index (χ2n) is 7.15. The van der Waals surface area contributed by atoms with Crippen molar-refractivity contribution in [2.75, 3.05) is 32.8 Å². The molecule has 0 spiro atoms. The molecule has 7 heteroatoms. The molecule has 1 aromatic rings. The molecule has 1 atom stereocenters. The largest absolute Gasteiger partial charge is 0.381 e. The summed E-state index contributed by atoms with van der Waals surface area (Å²) < 4.78 is 5.37. The van der Waals surface area contributed by atoms with E-state index in [9.17, 15) is 4.79 Å². The second kappa shape index (κ2) is 10.5. The predicted molar refractivity (Wildman–Crippen MR) is 109 cm³/mol. The number of amides is 1. The van der Waals surface area contributed by atoms with E-state index in [1.807, 2.05) is 11.0 Å². The van der Waals surface area contributed by atoms with Crippen LogP contribution in [0.1, 0.15) is 31.7 Å². The van der Waals surface area contributed by atoms with Gasteiger partial charge in [-0.1, -0.05) is 30.3 Å². The number of nitrogens with zero attached hydrogens (tertiary/aromatic N) is 2. The highest BCUT2D eigenvalue weighted by Crippen LogP contribution is 2.23. The molecule has 0 bridgehead atoms. The third-order valence-electron chi connectivity index (χ3n) is 5.42. The van der Waals surface area contributed by atoms with Gasteiger partial charge in [-0.05, 0) is 31.7 Å². The van der Waals surface area contributed by atoms with Gasteiger partial charge >= 0.3 is 0 Å². The van der Waals surface area contributed by atoms with Crippen LogP contribution in [0.5, 0.6) is 0 Å². The molecule has 2 aliphatic heterocycles. The lowest BCUT2D eigenvalue weighted by atomic mass is 9.89. The molecule has 0 aromatic heterocycles. The van der Waals surface area contributed by atoms with Gasteiger partial charge in [-0.15, -0.1) is 24.8 Å². The molecule has 2 aliphatic rings. The Hall–Kier alpha value is -0.850. The van der Waals surface area contributed by atoms with E-state index in [0.29, 0.717) is 32.1 Å². The topological polar surface area (TPSA) is 58.8 Å². The summed E-state index contributed by atoms with van der Waals surface area (Å²) in [5, 5.41) is 0. The van der Waals surface area contributed by atoms with Crippen LogP contribution in [0.4, 0.5) is 0 Å². The van der Waals surface area contributed by atoms with Crippen molar-refractivity contribution in [1.29, 1.82) is 0 Å². The van der Waals surface area contributed by atoms with Gasteiger partial charge in [0.05, 0.1) is 5.54 Å². The maximum atomic E-state index is 12.9. The summed E-state index contributed by atoms with van der Waals surface area (Å²) in [5.74, 6) is 0.111. The summed E-state index contributed by atoms with van der Waals surface area (Å²) in [5.41, 5.74) is 6.99. The quantitative estimate of drug-likeness (QED) is 0.841. The highest BCUT2D eigenvalue weighted by molar-refractivity contribution is 5.86. The fourth-order valence-corrected chi connectivity index (χ4v) is 3.63. The fourth-order valence-electron chi connectivity index (χ4n) is 3.63. The van der Waals surface area contributed by atoms with Crippen molar-refractivity contribution in [2.45, 2.75) is 44.3 Å². The Morgan fingerprint density at radius 1 is 1.15 bits per heavy atom. The summed E-state index contributed by atoms with van der Waals surface area (Å²) in [4.78, 5) is 17.4. The van der Waals surface area contributed by atoms with E-state index in [-0.39, 0.29) is 30.7 Å². The SMILES string of the molecule is CC1CCN(C(=O)C2(N)CCOCC2)CCN1Cc1ccccc1.Cl.Cl. The fraction of sp³-hybridized carbons (Fsp3) is 0.632. The molecule has 2 heterocycles. The van der Waals surface area contributed by atoms with Gasteiger partial charge in [-0.2, -0.15) is 0 Å². The first-order valence-corrected chi connectivity index (χ1v) is 9.02. The number of rotatable bonds is 3. The third-order valence-corrected chi connectivity index (χ3v) is 5.42. The first kappa shape index (κ1) is 23.2. The monoisotopic (exact) mass is 403 g/mol. The van der Waals surface area contributed by atoms with Crippen molar-refractivity contribution in [3.05, 3.63) is 35.9 Å². The molecular formula is C19H31Cl2N3O2. The zero-order valence-corrected chi connectivity index (χ0v) is 17.1. The summed E-state index contributed by atoms with van der Waals surface area (Å²) >= 11 is 0. The average molecular weight is 404 g/mol. The van der Waals surface area contributed by atoms with Crippen LogP contribution in [-0.2, 0) is 16.1 Å². The van der Waals surface area contributed by atoms with Crippen LogP contribution in [0.15, 0.2) is 30.3 Å². The van der Waals surface area contributed by atoms with Gasteiger partial charge in [0.15, 0.2) is 0 Å². The zero-order chi connectivity index (χ0) is 17.0. The molecule has 5 nitrogen and oxygen atoms in total. The maximum Gasteiger partial charge on any atom is 0.242 e. The van der Waals surface area contributed by atoms with Crippen LogP contribution >= 0.6 is 24.8 Å². The van der Waals surface area contributed by atoms with Crippen LogP contribution < -0.4 is 5.73 Å². The van der Waals surface area contributed by atoms with Gasteiger partial charge in [0.25, 0.3) is 0 Å². The smallest absolute Gasteiger partial charge is 0.242 e. The van der Waals surface area contributed by atoms with Gasteiger partial charge in [0.1, 0.15) is 0 Å². The maximum absolute atomic E-state index is 12.9. The first-order chi connectivity index (χ1) is 11.6. The first-order valence-electron chi connectivity index (χ1n) is 9.02. The number of carbonyl (C=O) groups excluding carboxylic acids is 1. The number of nitrogens with two attached hydrogens (primary N) is 1. The third kappa shape index (κ3) is 5.57.